The number of hydrogen-bond donors (Lipinski definition) is 0. The van der Waals surface area contributed by atoms with E-state index in [1.165, 1.54) is 0 Å². The van der Waals surface area contributed by atoms with Gasteiger partial charge in [0, 0.05) is 10.8 Å². The zero-order valence-corrected chi connectivity index (χ0v) is 21.5. The van der Waals surface area contributed by atoms with E-state index in [1.54, 1.807) is 18.2 Å². The molecule has 0 saturated heterocycles. The zero-order chi connectivity index (χ0) is 23.8. The maximum absolute atomic E-state index is 12.3. The van der Waals surface area contributed by atoms with Gasteiger partial charge >= 0.3 is 0 Å². The van der Waals surface area contributed by atoms with Crippen LogP contribution in [0.5, 0.6) is 0 Å². The molecular weight excluding hydrogens is 428 g/mol. The summed E-state index contributed by atoms with van der Waals surface area (Å²) in [5.41, 5.74) is 2.55. The summed E-state index contributed by atoms with van der Waals surface area (Å²) in [5, 5.41) is 0.108. The lowest BCUT2D eigenvalue weighted by molar-refractivity contribution is 0.599. The summed E-state index contributed by atoms with van der Waals surface area (Å²) in [6, 6.07) is 14.8. The third kappa shape index (κ3) is 5.83. The van der Waals surface area contributed by atoms with Gasteiger partial charge in [-0.3, -0.25) is 0 Å². The number of fused-ring (bicyclic) bond motifs is 2. The average molecular weight is 465 g/mol. The van der Waals surface area contributed by atoms with Gasteiger partial charge in [-0.25, -0.2) is 8.57 Å². The SMILES string of the molecule is CC.CC.CC(C)C1=NS(=O)(=O)c2ccccc21.CC(C)S1(=O)=NCc2ccccc21. The molecule has 31 heavy (non-hydrogen) atoms. The standard InChI is InChI=1S/C10H11NO2S.C10H13NOS.2C2H6/c1-7(2)10-8-5-3-4-6-9(8)14(12,13)11-10;1-8(2)13(12)10-6-4-3-5-9(10)7-11-13;2*1-2/h3-7H,1-2H3;3-6,8H,7H2,1-2H3;2*1-2H3. The zero-order valence-electron chi connectivity index (χ0n) is 19.9. The smallest absolute Gasteiger partial charge is 0.244 e. The van der Waals surface area contributed by atoms with Crippen LogP contribution in [-0.2, 0) is 26.3 Å². The predicted molar refractivity (Wildman–Crippen MR) is 132 cm³/mol. The van der Waals surface area contributed by atoms with Gasteiger partial charge in [0.25, 0.3) is 10.0 Å². The van der Waals surface area contributed by atoms with Crippen molar-refractivity contribution in [2.75, 3.05) is 0 Å². The molecule has 0 amide bonds. The van der Waals surface area contributed by atoms with Gasteiger partial charge in [0.15, 0.2) is 0 Å². The Balaban J connectivity index is 0.000000268. The van der Waals surface area contributed by atoms with Crippen LogP contribution in [-0.4, -0.2) is 23.6 Å². The van der Waals surface area contributed by atoms with E-state index in [0.717, 1.165) is 16.0 Å². The first-order valence-corrected chi connectivity index (χ1v) is 13.9. The van der Waals surface area contributed by atoms with Gasteiger partial charge in [-0.15, -0.1) is 0 Å². The van der Waals surface area contributed by atoms with Crippen molar-refractivity contribution in [3.63, 3.8) is 0 Å². The molecule has 0 aliphatic carbocycles. The molecule has 2 aliphatic rings. The van der Waals surface area contributed by atoms with Crippen molar-refractivity contribution in [3.05, 3.63) is 59.7 Å². The Morgan fingerprint density at radius 1 is 0.774 bits per heavy atom. The van der Waals surface area contributed by atoms with Crippen LogP contribution in [0.15, 0.2) is 67.1 Å². The van der Waals surface area contributed by atoms with Crippen molar-refractivity contribution >= 4 is 25.5 Å². The molecule has 7 heteroatoms. The van der Waals surface area contributed by atoms with Gasteiger partial charge in [0.1, 0.15) is 0 Å². The molecule has 5 nitrogen and oxygen atoms in total. The summed E-state index contributed by atoms with van der Waals surface area (Å²) in [6.45, 7) is 16.4. The summed E-state index contributed by atoms with van der Waals surface area (Å²) < 4.78 is 43.5. The highest BCUT2D eigenvalue weighted by Gasteiger charge is 2.29. The third-order valence-corrected chi connectivity index (χ3v) is 8.73. The number of benzene rings is 2. The number of sulfonamides is 1. The van der Waals surface area contributed by atoms with E-state index in [9.17, 15) is 12.6 Å². The molecule has 172 valence electrons. The van der Waals surface area contributed by atoms with Crippen LogP contribution < -0.4 is 0 Å². The van der Waals surface area contributed by atoms with E-state index in [-0.39, 0.29) is 11.2 Å². The minimum absolute atomic E-state index is 0.108. The number of rotatable bonds is 2. The maximum Gasteiger partial charge on any atom is 0.283 e. The molecule has 1 unspecified atom stereocenters. The topological polar surface area (TPSA) is 75.9 Å². The molecule has 2 aromatic carbocycles. The van der Waals surface area contributed by atoms with E-state index in [1.807, 2.05) is 85.7 Å². The molecule has 2 aliphatic heterocycles. The van der Waals surface area contributed by atoms with Crippen LogP contribution in [0, 0.1) is 5.92 Å². The summed E-state index contributed by atoms with van der Waals surface area (Å²) in [4.78, 5) is 1.29. The average Bonchev–Trinajstić information content (AvgIpc) is 3.27. The van der Waals surface area contributed by atoms with Crippen molar-refractivity contribution in [1.29, 1.82) is 0 Å². The molecule has 0 spiro atoms. The molecule has 0 radical (unpaired) electrons. The molecular formula is C24H36N2O3S2. The Kier molecular flexibility index (Phi) is 10.1. The predicted octanol–water partition coefficient (Wildman–Crippen LogP) is 6.32. The molecule has 0 N–H and O–H groups in total. The molecule has 0 aromatic heterocycles. The Morgan fingerprint density at radius 3 is 1.84 bits per heavy atom. The summed E-state index contributed by atoms with van der Waals surface area (Å²) in [6.07, 6.45) is 0. The highest BCUT2D eigenvalue weighted by Crippen LogP contribution is 2.30. The molecule has 0 saturated carbocycles. The Labute approximate surface area is 189 Å². The molecule has 2 heterocycles. The van der Waals surface area contributed by atoms with Crippen molar-refractivity contribution in [2.45, 2.75) is 77.0 Å². The van der Waals surface area contributed by atoms with Crippen LogP contribution in [0.25, 0.3) is 0 Å². The second-order valence-corrected chi connectivity index (χ2v) is 11.5. The van der Waals surface area contributed by atoms with Crippen molar-refractivity contribution < 1.29 is 12.6 Å². The van der Waals surface area contributed by atoms with Crippen LogP contribution in [0.1, 0.15) is 66.5 Å². The summed E-state index contributed by atoms with van der Waals surface area (Å²) >= 11 is 0. The van der Waals surface area contributed by atoms with Crippen molar-refractivity contribution in [2.24, 2.45) is 14.7 Å². The Bertz CT molecular complexity index is 1130. The van der Waals surface area contributed by atoms with E-state index in [0.29, 0.717) is 17.2 Å². The molecule has 2 aromatic rings. The monoisotopic (exact) mass is 464 g/mol. The van der Waals surface area contributed by atoms with Crippen LogP contribution in [0.4, 0.5) is 0 Å². The van der Waals surface area contributed by atoms with E-state index in [2.05, 4.69) is 8.76 Å². The van der Waals surface area contributed by atoms with Crippen LogP contribution >= 0.6 is 0 Å². The van der Waals surface area contributed by atoms with Gasteiger partial charge in [-0.1, -0.05) is 77.9 Å². The third-order valence-electron chi connectivity index (χ3n) is 4.56. The first-order valence-electron chi connectivity index (χ1n) is 10.9. The van der Waals surface area contributed by atoms with Gasteiger partial charge in [0.2, 0.25) is 0 Å². The largest absolute Gasteiger partial charge is 0.283 e. The van der Waals surface area contributed by atoms with Crippen molar-refractivity contribution in [3.8, 4) is 0 Å². The number of hydrogen-bond acceptors (Lipinski definition) is 4. The Hall–Kier alpha value is -1.99. The molecule has 1 atom stereocenters. The fraction of sp³-hybridized carbons (Fsp3) is 0.458. The fourth-order valence-electron chi connectivity index (χ4n) is 3.11. The maximum atomic E-state index is 12.3. The number of nitrogens with zero attached hydrogens (tertiary/aromatic N) is 2. The van der Waals surface area contributed by atoms with Gasteiger partial charge in [-0.2, -0.15) is 12.8 Å². The lowest BCUT2D eigenvalue weighted by Crippen LogP contribution is -2.11. The summed E-state index contributed by atoms with van der Waals surface area (Å²) in [7, 11) is -5.52. The molecule has 0 fully saturated rings. The quantitative estimate of drug-likeness (QED) is 0.522. The highest BCUT2D eigenvalue weighted by molar-refractivity contribution is 7.94. The second kappa shape index (κ2) is 11.6. The molecule has 4 rings (SSSR count). The fourth-order valence-corrected chi connectivity index (χ4v) is 6.53. The first kappa shape index (κ1) is 27.0. The minimum atomic E-state index is -3.41. The molecule has 0 bridgehead atoms. The summed E-state index contributed by atoms with van der Waals surface area (Å²) in [5.74, 6) is 0.133. The van der Waals surface area contributed by atoms with E-state index < -0.39 is 19.8 Å². The normalized spacial score (nSPS) is 19.4. The van der Waals surface area contributed by atoms with Crippen LogP contribution in [0.2, 0.25) is 0 Å². The lowest BCUT2D eigenvalue weighted by Gasteiger charge is -2.09. The second-order valence-electron chi connectivity index (χ2n) is 7.11. The highest BCUT2D eigenvalue weighted by atomic mass is 32.2. The van der Waals surface area contributed by atoms with Crippen molar-refractivity contribution in [1.82, 2.24) is 0 Å². The first-order chi connectivity index (χ1) is 14.7. The Morgan fingerprint density at radius 2 is 1.29 bits per heavy atom. The minimum Gasteiger partial charge on any atom is -0.244 e. The lowest BCUT2D eigenvalue weighted by atomic mass is 10.0. The van der Waals surface area contributed by atoms with Gasteiger partial charge in [0.05, 0.1) is 31.8 Å². The van der Waals surface area contributed by atoms with E-state index >= 15 is 0 Å². The van der Waals surface area contributed by atoms with E-state index in [4.69, 9.17) is 0 Å². The van der Waals surface area contributed by atoms with Gasteiger partial charge < -0.3 is 0 Å². The van der Waals surface area contributed by atoms with Crippen LogP contribution in [0.3, 0.4) is 0 Å². The van der Waals surface area contributed by atoms with Gasteiger partial charge in [-0.05, 0) is 37.5 Å².